The molecule has 1 aliphatic heterocycles. The van der Waals surface area contributed by atoms with E-state index in [9.17, 15) is 0 Å². The highest BCUT2D eigenvalue weighted by molar-refractivity contribution is 5.85. The van der Waals surface area contributed by atoms with Crippen LogP contribution >= 0.6 is 12.4 Å². The van der Waals surface area contributed by atoms with Crippen molar-refractivity contribution in [2.75, 3.05) is 6.54 Å². The first-order valence-electron chi connectivity index (χ1n) is 8.91. The highest BCUT2D eigenvalue weighted by atomic mass is 35.5. The van der Waals surface area contributed by atoms with Crippen LogP contribution in [0.1, 0.15) is 16.8 Å². The van der Waals surface area contributed by atoms with Crippen LogP contribution < -0.4 is 5.32 Å². The zero-order valence-corrected chi connectivity index (χ0v) is 16.1. The second kappa shape index (κ2) is 7.53. The molecule has 0 atom stereocenters. The second-order valence-electron chi connectivity index (χ2n) is 6.64. The first kappa shape index (κ1) is 18.3. The molecule has 3 aromatic heterocycles. The molecule has 2 N–H and O–H groups in total. The minimum Gasteiger partial charge on any atom is -0.334 e. The van der Waals surface area contributed by atoms with Crippen LogP contribution in [0.4, 0.5) is 0 Å². The van der Waals surface area contributed by atoms with Crippen LogP contribution in [0, 0.1) is 6.92 Å². The molecule has 0 saturated heterocycles. The Kier molecular flexibility index (Phi) is 4.93. The molecule has 28 heavy (non-hydrogen) atoms. The summed E-state index contributed by atoms with van der Waals surface area (Å²) in [4.78, 5) is 9.21. The first-order chi connectivity index (χ1) is 13.3. The zero-order chi connectivity index (χ0) is 18.2. The van der Waals surface area contributed by atoms with Crippen molar-refractivity contribution >= 4 is 12.4 Å². The fourth-order valence-electron chi connectivity index (χ4n) is 3.55. The lowest BCUT2D eigenvalue weighted by Gasteiger charge is -2.19. The van der Waals surface area contributed by atoms with Gasteiger partial charge in [-0.15, -0.1) is 12.4 Å². The number of aromatic amines is 1. The van der Waals surface area contributed by atoms with E-state index in [1.54, 1.807) is 6.20 Å². The Morgan fingerprint density at radius 2 is 2.00 bits per heavy atom. The molecule has 1 aromatic carbocycles. The molecule has 0 amide bonds. The van der Waals surface area contributed by atoms with Gasteiger partial charge in [-0.05, 0) is 48.7 Å². The maximum atomic E-state index is 5.60. The van der Waals surface area contributed by atoms with Crippen molar-refractivity contribution in [2.45, 2.75) is 19.9 Å². The SMILES string of the molecule is Cc1ncc2c(c1-c1noc(-c3cccc(-c4cn[nH]c4)c3)n1)CCNC2.Cl. The predicted octanol–water partition coefficient (Wildman–Crippen LogP) is 3.56. The van der Waals surface area contributed by atoms with Crippen LogP contribution in [-0.4, -0.2) is 31.9 Å². The highest BCUT2D eigenvalue weighted by Crippen LogP contribution is 2.31. The summed E-state index contributed by atoms with van der Waals surface area (Å²) in [6.45, 7) is 3.77. The third kappa shape index (κ3) is 3.19. The van der Waals surface area contributed by atoms with Crippen LogP contribution in [0.25, 0.3) is 34.0 Å². The van der Waals surface area contributed by atoms with Gasteiger partial charge in [0.1, 0.15) is 0 Å². The summed E-state index contributed by atoms with van der Waals surface area (Å²) in [5, 5.41) is 14.5. The van der Waals surface area contributed by atoms with Crippen molar-refractivity contribution in [3.63, 3.8) is 0 Å². The van der Waals surface area contributed by atoms with E-state index in [4.69, 9.17) is 4.52 Å². The molecule has 0 radical (unpaired) electrons. The molecular formula is C20H19ClN6O. The quantitative estimate of drug-likeness (QED) is 0.552. The number of fused-ring (bicyclic) bond motifs is 1. The molecule has 0 bridgehead atoms. The zero-order valence-electron chi connectivity index (χ0n) is 15.3. The van der Waals surface area contributed by atoms with Gasteiger partial charge in [-0.3, -0.25) is 10.1 Å². The Labute approximate surface area is 168 Å². The van der Waals surface area contributed by atoms with Gasteiger partial charge in [0.2, 0.25) is 5.82 Å². The molecule has 5 rings (SSSR count). The summed E-state index contributed by atoms with van der Waals surface area (Å²) in [7, 11) is 0. The van der Waals surface area contributed by atoms with E-state index in [0.29, 0.717) is 11.7 Å². The second-order valence-corrected chi connectivity index (χ2v) is 6.64. The molecule has 7 nitrogen and oxygen atoms in total. The van der Waals surface area contributed by atoms with Gasteiger partial charge < -0.3 is 9.84 Å². The third-order valence-electron chi connectivity index (χ3n) is 4.92. The van der Waals surface area contributed by atoms with Crippen molar-refractivity contribution in [2.24, 2.45) is 0 Å². The van der Waals surface area contributed by atoms with E-state index < -0.39 is 0 Å². The normalized spacial score (nSPS) is 13.0. The van der Waals surface area contributed by atoms with Crippen LogP contribution in [0.2, 0.25) is 0 Å². The molecule has 0 saturated carbocycles. The average Bonchev–Trinajstić information content (AvgIpc) is 3.40. The van der Waals surface area contributed by atoms with Gasteiger partial charge in [-0.25, -0.2) is 0 Å². The smallest absolute Gasteiger partial charge is 0.258 e. The van der Waals surface area contributed by atoms with Crippen LogP contribution in [0.3, 0.4) is 0 Å². The van der Waals surface area contributed by atoms with Gasteiger partial charge in [0.25, 0.3) is 5.89 Å². The Morgan fingerprint density at radius 1 is 1.11 bits per heavy atom. The van der Waals surface area contributed by atoms with E-state index in [1.165, 1.54) is 11.1 Å². The van der Waals surface area contributed by atoms with Crippen molar-refractivity contribution in [1.82, 2.24) is 30.6 Å². The van der Waals surface area contributed by atoms with E-state index >= 15 is 0 Å². The lowest BCUT2D eigenvalue weighted by molar-refractivity contribution is 0.432. The standard InChI is InChI=1S/C20H18N6O.ClH/c1-12-18(17-5-6-21-8-16(17)9-22-12)19-25-20(27-26-19)14-4-2-3-13(7-14)15-10-23-24-11-15;/h2-4,7,9-11,21H,5-6,8H2,1H3,(H,23,24);1H. The Bertz CT molecular complexity index is 1110. The molecule has 0 spiro atoms. The van der Waals surface area contributed by atoms with E-state index in [2.05, 4.69) is 30.6 Å². The summed E-state index contributed by atoms with van der Waals surface area (Å²) in [5.74, 6) is 1.10. The predicted molar refractivity (Wildman–Crippen MR) is 108 cm³/mol. The number of halogens is 1. The monoisotopic (exact) mass is 394 g/mol. The van der Waals surface area contributed by atoms with Gasteiger partial charge in [-0.1, -0.05) is 17.3 Å². The lowest BCUT2D eigenvalue weighted by atomic mass is 9.95. The number of nitrogens with one attached hydrogen (secondary N) is 2. The molecule has 142 valence electrons. The van der Waals surface area contributed by atoms with E-state index in [-0.39, 0.29) is 12.4 Å². The summed E-state index contributed by atoms with van der Waals surface area (Å²) in [6, 6.07) is 8.00. The topological polar surface area (TPSA) is 92.5 Å². The number of hydrogen-bond acceptors (Lipinski definition) is 6. The number of aromatic nitrogens is 5. The molecule has 1 aliphatic rings. The number of H-pyrrole nitrogens is 1. The number of rotatable bonds is 3. The average molecular weight is 395 g/mol. The van der Waals surface area contributed by atoms with Crippen molar-refractivity contribution in [1.29, 1.82) is 0 Å². The maximum absolute atomic E-state index is 5.60. The minimum absolute atomic E-state index is 0. The Hall–Kier alpha value is -3.03. The number of hydrogen-bond donors (Lipinski definition) is 2. The molecular weight excluding hydrogens is 376 g/mol. The highest BCUT2D eigenvalue weighted by Gasteiger charge is 2.21. The molecule has 0 aliphatic carbocycles. The summed E-state index contributed by atoms with van der Waals surface area (Å²) < 4.78 is 5.60. The number of benzene rings is 1. The molecule has 4 heterocycles. The maximum Gasteiger partial charge on any atom is 0.258 e. The van der Waals surface area contributed by atoms with Gasteiger partial charge in [0.05, 0.1) is 6.20 Å². The fraction of sp³-hybridized carbons (Fsp3) is 0.200. The minimum atomic E-state index is 0. The van der Waals surface area contributed by atoms with E-state index in [1.807, 2.05) is 43.6 Å². The van der Waals surface area contributed by atoms with Crippen molar-refractivity contribution in [3.8, 4) is 34.0 Å². The first-order valence-corrected chi connectivity index (χ1v) is 8.91. The third-order valence-corrected chi connectivity index (χ3v) is 4.92. The van der Waals surface area contributed by atoms with Gasteiger partial charge >= 0.3 is 0 Å². The van der Waals surface area contributed by atoms with Crippen molar-refractivity contribution < 1.29 is 4.52 Å². The Balaban J connectivity index is 0.00000192. The molecule has 0 fully saturated rings. The van der Waals surface area contributed by atoms with Crippen LogP contribution in [0.5, 0.6) is 0 Å². The summed E-state index contributed by atoms with van der Waals surface area (Å²) in [5.41, 5.74) is 7.33. The largest absolute Gasteiger partial charge is 0.334 e. The number of nitrogens with zero attached hydrogens (tertiary/aromatic N) is 4. The Morgan fingerprint density at radius 3 is 2.86 bits per heavy atom. The van der Waals surface area contributed by atoms with Crippen molar-refractivity contribution in [3.05, 3.63) is 59.7 Å². The van der Waals surface area contributed by atoms with Gasteiger partial charge in [0, 0.05) is 41.3 Å². The summed E-state index contributed by atoms with van der Waals surface area (Å²) >= 11 is 0. The molecule has 4 aromatic rings. The van der Waals surface area contributed by atoms with Gasteiger partial charge in [-0.2, -0.15) is 10.1 Å². The number of pyridine rings is 1. The fourth-order valence-corrected chi connectivity index (χ4v) is 3.55. The molecule has 8 heteroatoms. The van der Waals surface area contributed by atoms with Crippen LogP contribution in [0.15, 0.2) is 47.4 Å². The molecule has 0 unspecified atom stereocenters. The van der Waals surface area contributed by atoms with E-state index in [0.717, 1.165) is 47.5 Å². The number of aryl methyl sites for hydroxylation is 1. The summed E-state index contributed by atoms with van der Waals surface area (Å²) in [6.07, 6.45) is 6.53. The van der Waals surface area contributed by atoms with Gasteiger partial charge in [0.15, 0.2) is 0 Å². The lowest BCUT2D eigenvalue weighted by Crippen LogP contribution is -2.24. The van der Waals surface area contributed by atoms with Crippen LogP contribution in [-0.2, 0) is 13.0 Å².